The molecule has 0 aliphatic carbocycles. The molecule has 25 heavy (non-hydrogen) atoms. The number of piperidine rings is 1. The van der Waals surface area contributed by atoms with Crippen LogP contribution in [0.4, 0.5) is 5.95 Å². The van der Waals surface area contributed by atoms with Gasteiger partial charge in [0, 0.05) is 36.3 Å². The van der Waals surface area contributed by atoms with E-state index < -0.39 is 0 Å². The van der Waals surface area contributed by atoms with Crippen LogP contribution in [-0.2, 0) is 11.8 Å². The molecule has 1 fully saturated rings. The average Bonchev–Trinajstić information content (AvgIpc) is 3.08. The molecule has 0 spiro atoms. The van der Waals surface area contributed by atoms with E-state index >= 15 is 0 Å². The second-order valence-corrected chi connectivity index (χ2v) is 6.38. The summed E-state index contributed by atoms with van der Waals surface area (Å²) in [7, 11) is 1.89. The first kappa shape index (κ1) is 15.7. The van der Waals surface area contributed by atoms with Crippen molar-refractivity contribution in [1.29, 1.82) is 0 Å². The molecule has 2 N–H and O–H groups in total. The smallest absolute Gasteiger partial charge is 0.229 e. The van der Waals surface area contributed by atoms with Gasteiger partial charge in [-0.1, -0.05) is 12.1 Å². The zero-order valence-electron chi connectivity index (χ0n) is 14.1. The number of benzene rings is 1. The molecule has 1 saturated heterocycles. The fraction of sp³-hybridized carbons (Fsp3) is 0.333. The van der Waals surface area contributed by atoms with Gasteiger partial charge in [0.1, 0.15) is 0 Å². The van der Waals surface area contributed by atoms with Gasteiger partial charge in [-0.2, -0.15) is 5.10 Å². The van der Waals surface area contributed by atoms with Crippen molar-refractivity contribution in [3.63, 3.8) is 0 Å². The summed E-state index contributed by atoms with van der Waals surface area (Å²) in [6.07, 6.45) is 7.23. The predicted octanol–water partition coefficient (Wildman–Crippen LogP) is 1.97. The van der Waals surface area contributed by atoms with E-state index in [1.165, 1.54) is 0 Å². The van der Waals surface area contributed by atoms with Crippen molar-refractivity contribution in [2.24, 2.45) is 13.0 Å². The average molecular weight is 336 g/mol. The number of aryl methyl sites for hydroxylation is 1. The maximum atomic E-state index is 12.4. The molecular formula is C18H20N6O. The summed E-state index contributed by atoms with van der Waals surface area (Å²) in [5.74, 6) is 0.394. The Kier molecular flexibility index (Phi) is 4.15. The number of hydrogen-bond acceptors (Lipinski definition) is 5. The highest BCUT2D eigenvalue weighted by Gasteiger charge is 2.21. The number of hydrogen-bond donors (Lipinski definition) is 2. The lowest BCUT2D eigenvalue weighted by molar-refractivity contribution is -0.120. The van der Waals surface area contributed by atoms with Crippen LogP contribution in [0.1, 0.15) is 12.8 Å². The summed E-state index contributed by atoms with van der Waals surface area (Å²) in [6.45, 7) is 1.76. The van der Waals surface area contributed by atoms with Crippen LogP contribution in [0.25, 0.3) is 22.0 Å². The number of nitrogens with zero attached hydrogens (tertiary/aromatic N) is 4. The molecule has 0 bridgehead atoms. The number of nitrogens with one attached hydrogen (secondary N) is 2. The van der Waals surface area contributed by atoms with Gasteiger partial charge in [0.05, 0.1) is 11.7 Å². The maximum absolute atomic E-state index is 12.4. The molecule has 1 amide bonds. The standard InChI is InChI=1S/C18H20N6O/c1-24-11-15(10-21-24)13-2-3-14-9-20-18(22-16(14)8-13)23-17(25)12-4-6-19-7-5-12/h2-3,8-12,19H,4-7H2,1H3,(H,20,22,23,25). The Morgan fingerprint density at radius 2 is 2.08 bits per heavy atom. The Hall–Kier alpha value is -2.80. The first-order chi connectivity index (χ1) is 12.2. The molecule has 1 aliphatic rings. The normalized spacial score (nSPS) is 15.4. The van der Waals surface area contributed by atoms with Crippen molar-refractivity contribution < 1.29 is 4.79 Å². The molecule has 0 saturated carbocycles. The van der Waals surface area contributed by atoms with Gasteiger partial charge in [0.25, 0.3) is 0 Å². The third-order valence-electron chi connectivity index (χ3n) is 4.57. The lowest BCUT2D eigenvalue weighted by Crippen LogP contribution is -2.34. The van der Waals surface area contributed by atoms with Gasteiger partial charge in [-0.15, -0.1) is 0 Å². The molecule has 4 rings (SSSR count). The van der Waals surface area contributed by atoms with Gasteiger partial charge >= 0.3 is 0 Å². The second kappa shape index (κ2) is 6.60. The van der Waals surface area contributed by atoms with Gasteiger partial charge in [0.2, 0.25) is 11.9 Å². The van der Waals surface area contributed by atoms with Crippen molar-refractivity contribution in [2.45, 2.75) is 12.8 Å². The lowest BCUT2D eigenvalue weighted by Gasteiger charge is -2.21. The van der Waals surface area contributed by atoms with E-state index in [9.17, 15) is 4.79 Å². The highest BCUT2D eigenvalue weighted by molar-refractivity contribution is 5.92. The molecule has 0 atom stereocenters. The Bertz CT molecular complexity index is 913. The van der Waals surface area contributed by atoms with Crippen LogP contribution >= 0.6 is 0 Å². The summed E-state index contributed by atoms with van der Waals surface area (Å²) < 4.78 is 1.77. The van der Waals surface area contributed by atoms with Crippen molar-refractivity contribution in [2.75, 3.05) is 18.4 Å². The summed E-state index contributed by atoms with van der Waals surface area (Å²) in [5.41, 5.74) is 2.87. The fourth-order valence-corrected chi connectivity index (χ4v) is 3.13. The molecule has 3 heterocycles. The van der Waals surface area contributed by atoms with Gasteiger partial charge in [0.15, 0.2) is 0 Å². The van der Waals surface area contributed by atoms with Crippen LogP contribution in [0.5, 0.6) is 0 Å². The zero-order valence-corrected chi connectivity index (χ0v) is 14.1. The minimum atomic E-state index is 0.00395. The molecule has 3 aromatic rings. The molecule has 7 nitrogen and oxygen atoms in total. The van der Waals surface area contributed by atoms with Crippen LogP contribution in [0.2, 0.25) is 0 Å². The van der Waals surface area contributed by atoms with Crippen LogP contribution in [-0.4, -0.2) is 38.7 Å². The number of rotatable bonds is 3. The number of aromatic nitrogens is 4. The highest BCUT2D eigenvalue weighted by Crippen LogP contribution is 2.23. The van der Waals surface area contributed by atoms with E-state index in [4.69, 9.17) is 0 Å². The van der Waals surface area contributed by atoms with Crippen molar-refractivity contribution in [1.82, 2.24) is 25.1 Å². The van der Waals surface area contributed by atoms with Crippen LogP contribution in [0.15, 0.2) is 36.8 Å². The molecule has 0 unspecified atom stereocenters. The van der Waals surface area contributed by atoms with E-state index in [0.717, 1.165) is 48.0 Å². The molecular weight excluding hydrogens is 316 g/mol. The Labute approximate surface area is 145 Å². The van der Waals surface area contributed by atoms with E-state index in [2.05, 4.69) is 25.7 Å². The Morgan fingerprint density at radius 3 is 2.84 bits per heavy atom. The third-order valence-corrected chi connectivity index (χ3v) is 4.57. The number of carbonyl (C=O) groups excluding carboxylic acids is 1. The minimum Gasteiger partial charge on any atom is -0.317 e. The Morgan fingerprint density at radius 1 is 1.24 bits per heavy atom. The first-order valence-electron chi connectivity index (χ1n) is 8.46. The topological polar surface area (TPSA) is 84.7 Å². The molecule has 0 radical (unpaired) electrons. The van der Waals surface area contributed by atoms with E-state index in [1.54, 1.807) is 10.9 Å². The van der Waals surface area contributed by atoms with Crippen LogP contribution in [0, 0.1) is 5.92 Å². The third kappa shape index (κ3) is 3.36. The predicted molar refractivity (Wildman–Crippen MR) is 96.0 cm³/mol. The van der Waals surface area contributed by atoms with Crippen molar-refractivity contribution in [3.05, 3.63) is 36.8 Å². The van der Waals surface area contributed by atoms with Gasteiger partial charge < -0.3 is 5.32 Å². The summed E-state index contributed by atoms with van der Waals surface area (Å²) >= 11 is 0. The number of amides is 1. The number of fused-ring (bicyclic) bond motifs is 1. The summed E-state index contributed by atoms with van der Waals surface area (Å²) in [5, 5.41) is 11.3. The van der Waals surface area contributed by atoms with Crippen LogP contribution in [0.3, 0.4) is 0 Å². The zero-order chi connectivity index (χ0) is 17.2. The summed E-state index contributed by atoms with van der Waals surface area (Å²) in [4.78, 5) is 21.2. The van der Waals surface area contributed by atoms with Gasteiger partial charge in [-0.05, 0) is 37.6 Å². The van der Waals surface area contributed by atoms with Gasteiger partial charge in [-0.25, -0.2) is 9.97 Å². The monoisotopic (exact) mass is 336 g/mol. The SMILES string of the molecule is Cn1cc(-c2ccc3cnc(NC(=O)C4CCNCC4)nc3c2)cn1. The van der Waals surface area contributed by atoms with Gasteiger partial charge in [-0.3, -0.25) is 14.8 Å². The lowest BCUT2D eigenvalue weighted by atomic mass is 9.97. The molecule has 1 aromatic carbocycles. The van der Waals surface area contributed by atoms with Crippen molar-refractivity contribution in [3.8, 4) is 11.1 Å². The Balaban J connectivity index is 1.59. The highest BCUT2D eigenvalue weighted by atomic mass is 16.2. The maximum Gasteiger partial charge on any atom is 0.229 e. The largest absolute Gasteiger partial charge is 0.317 e. The number of anilines is 1. The molecule has 7 heteroatoms. The first-order valence-corrected chi connectivity index (χ1v) is 8.46. The van der Waals surface area contributed by atoms with Crippen molar-refractivity contribution >= 4 is 22.8 Å². The van der Waals surface area contributed by atoms with E-state index in [1.807, 2.05) is 37.6 Å². The molecule has 2 aromatic heterocycles. The van der Waals surface area contributed by atoms with E-state index in [0.29, 0.717) is 5.95 Å². The fourth-order valence-electron chi connectivity index (χ4n) is 3.13. The molecule has 1 aliphatic heterocycles. The quantitative estimate of drug-likeness (QED) is 0.764. The second-order valence-electron chi connectivity index (χ2n) is 6.38. The summed E-state index contributed by atoms with van der Waals surface area (Å²) in [6, 6.07) is 6.00. The molecule has 128 valence electrons. The van der Waals surface area contributed by atoms with E-state index in [-0.39, 0.29) is 11.8 Å². The minimum absolute atomic E-state index is 0.00395. The number of carbonyl (C=O) groups is 1. The van der Waals surface area contributed by atoms with Crippen LogP contribution < -0.4 is 10.6 Å².